The van der Waals surface area contributed by atoms with Gasteiger partial charge in [0, 0.05) is 0 Å². The molecule has 1 nitrogen and oxygen atoms in total. The van der Waals surface area contributed by atoms with Crippen molar-refractivity contribution >= 4 is 67.3 Å². The molecule has 3 heteroatoms. The molecule has 4 aromatic carbocycles. The fourth-order valence-corrected chi connectivity index (χ4v) is 10.2. The Morgan fingerprint density at radius 1 is 0.613 bits per heavy atom. The van der Waals surface area contributed by atoms with Crippen molar-refractivity contribution in [3.63, 3.8) is 0 Å². The van der Waals surface area contributed by atoms with Gasteiger partial charge < -0.3 is 0 Å². The number of aryl methyl sites for hydroxylation is 1. The van der Waals surface area contributed by atoms with Crippen LogP contribution in [0.25, 0.3) is 22.0 Å². The van der Waals surface area contributed by atoms with Gasteiger partial charge in [0.15, 0.2) is 0 Å². The summed E-state index contributed by atoms with van der Waals surface area (Å²) in [4.78, 5) is 5.27. The Morgan fingerprint density at radius 2 is 1.19 bits per heavy atom. The van der Waals surface area contributed by atoms with E-state index in [-0.39, 0.29) is 0 Å². The molecule has 0 atom stereocenters. The second-order valence-corrected chi connectivity index (χ2v) is 13.5. The Bertz CT molecular complexity index is 1320. The van der Waals surface area contributed by atoms with Gasteiger partial charge in [-0.15, -0.1) is 0 Å². The Kier molecular flexibility index (Phi) is 6.40. The maximum absolute atomic E-state index is 5.27. The van der Waals surface area contributed by atoms with Crippen LogP contribution in [-0.2, 0) is 0 Å². The number of aromatic nitrogens is 1. The van der Waals surface area contributed by atoms with Crippen LogP contribution >= 0.6 is 0 Å². The van der Waals surface area contributed by atoms with Crippen molar-refractivity contribution in [1.29, 1.82) is 0 Å². The van der Waals surface area contributed by atoms with E-state index < -0.39 is 41.8 Å². The molecule has 0 amide bonds. The van der Waals surface area contributed by atoms with Gasteiger partial charge in [0.1, 0.15) is 0 Å². The van der Waals surface area contributed by atoms with Gasteiger partial charge in [0.2, 0.25) is 0 Å². The van der Waals surface area contributed by atoms with Gasteiger partial charge in [-0.25, -0.2) is 0 Å². The number of pyridine rings is 1. The maximum atomic E-state index is 5.27. The molecule has 0 bridgehead atoms. The number of hydrogen-bond acceptors (Lipinski definition) is 1. The summed E-state index contributed by atoms with van der Waals surface area (Å²) in [6.07, 6.45) is 0. The summed E-state index contributed by atoms with van der Waals surface area (Å²) in [5.74, 6) is 0. The van der Waals surface area contributed by atoms with Crippen LogP contribution in [0.15, 0.2) is 109 Å². The van der Waals surface area contributed by atoms with Crippen molar-refractivity contribution in [2.75, 3.05) is 0 Å². The fourth-order valence-electron chi connectivity index (χ4n) is 3.57. The number of nitrogens with zero attached hydrogens (tertiary/aromatic N) is 1. The molecule has 0 aliphatic rings. The summed E-state index contributed by atoms with van der Waals surface area (Å²) in [5, 5.41) is 1.33. The third-order valence-corrected chi connectivity index (χ3v) is 11.1. The van der Waals surface area contributed by atoms with Gasteiger partial charge in [-0.05, 0) is 0 Å². The van der Waals surface area contributed by atoms with Gasteiger partial charge in [-0.2, -0.15) is 0 Å². The number of hydrogen-bond donors (Lipinski definition) is 0. The van der Waals surface area contributed by atoms with Crippen molar-refractivity contribution in [2.24, 2.45) is 0 Å². The van der Waals surface area contributed by atoms with Gasteiger partial charge in [0.25, 0.3) is 0 Å². The molecule has 0 N–H and O–H groups in total. The van der Waals surface area contributed by atoms with Crippen LogP contribution in [0.4, 0.5) is 0 Å². The van der Waals surface area contributed by atoms with E-state index in [2.05, 4.69) is 116 Å². The summed E-state index contributed by atoms with van der Waals surface area (Å²) >= 11 is -1.18. The van der Waals surface area contributed by atoms with E-state index in [1.807, 2.05) is 0 Å². The molecule has 0 fully saturated rings. The van der Waals surface area contributed by atoms with Crippen molar-refractivity contribution in [1.82, 2.24) is 4.98 Å². The Labute approximate surface area is 203 Å². The zero-order chi connectivity index (χ0) is 21.0. The molecule has 0 unspecified atom stereocenters. The summed E-state index contributed by atoms with van der Waals surface area (Å²) in [7, 11) is 0. The Balaban J connectivity index is 1.79. The second-order valence-electron chi connectivity index (χ2n) is 7.34. The molecule has 5 rings (SSSR count). The third kappa shape index (κ3) is 4.72. The second kappa shape index (κ2) is 9.56. The first kappa shape index (κ1) is 20.8. The van der Waals surface area contributed by atoms with E-state index in [0.29, 0.717) is 0 Å². The summed E-state index contributed by atoms with van der Waals surface area (Å²) in [6.45, 7) is 2.18. The fraction of sp³-hybridized carbons (Fsp3) is 0.0357. The molecule has 0 aliphatic carbocycles. The molecule has 0 aliphatic heterocycles. The average Bonchev–Trinajstić information content (AvgIpc) is 2.81. The topological polar surface area (TPSA) is 12.9 Å². The van der Waals surface area contributed by atoms with Crippen molar-refractivity contribution < 1.29 is 0 Å². The van der Waals surface area contributed by atoms with Crippen LogP contribution in [-0.4, -0.2) is 46.8 Å². The van der Waals surface area contributed by atoms with E-state index in [1.54, 1.807) is 0 Å². The van der Waals surface area contributed by atoms with E-state index in [9.17, 15) is 0 Å². The molecule has 150 valence electrons. The van der Waals surface area contributed by atoms with Crippen LogP contribution in [0.2, 0.25) is 0 Å². The minimum atomic E-state index is -0.607. The van der Waals surface area contributed by atoms with Crippen molar-refractivity contribution in [3.8, 4) is 11.1 Å². The first-order valence-corrected chi connectivity index (χ1v) is 14.9. The summed E-state index contributed by atoms with van der Waals surface area (Å²) in [6, 6.07) is 39.5. The third-order valence-electron chi connectivity index (χ3n) is 5.04. The summed E-state index contributed by atoms with van der Waals surface area (Å²) < 4.78 is 5.71. The minimum absolute atomic E-state index is 0.573. The Hall–Kier alpha value is -2.13. The molecule has 0 saturated heterocycles. The molecule has 0 radical (unpaired) electrons. The molecule has 5 aromatic rings. The van der Waals surface area contributed by atoms with Gasteiger partial charge >= 0.3 is 205 Å². The zero-order valence-corrected chi connectivity index (χ0v) is 21.8. The number of rotatable bonds is 5. The van der Waals surface area contributed by atoms with Crippen LogP contribution in [0.1, 0.15) is 5.56 Å². The molecule has 0 saturated carbocycles. The monoisotopic (exact) mass is 631 g/mol. The SMILES string of the molecule is Cc1ccc2nc([Te]c3ccccc3)c(-c3ccccc3)c([Te]c3ccccc3)c2c1. The van der Waals surface area contributed by atoms with Crippen LogP contribution < -0.4 is 14.6 Å². The number of benzene rings is 4. The molecular weight excluding hydrogens is 606 g/mol. The van der Waals surface area contributed by atoms with Crippen molar-refractivity contribution in [2.45, 2.75) is 6.92 Å². The van der Waals surface area contributed by atoms with Gasteiger partial charge in [-0.1, -0.05) is 0 Å². The average molecular weight is 627 g/mol. The molecule has 1 aromatic heterocycles. The van der Waals surface area contributed by atoms with E-state index in [4.69, 9.17) is 4.98 Å². The normalized spacial score (nSPS) is 11.0. The quantitative estimate of drug-likeness (QED) is 0.273. The number of fused-ring (bicyclic) bond motifs is 1. The predicted molar refractivity (Wildman–Crippen MR) is 135 cm³/mol. The van der Waals surface area contributed by atoms with E-state index in [0.717, 1.165) is 5.52 Å². The van der Waals surface area contributed by atoms with E-state index >= 15 is 0 Å². The first-order valence-electron chi connectivity index (χ1n) is 10.2. The molecular formula is C28H21NTe2. The standard InChI is InChI=1S/C28H21NTe2/c1-20-17-18-25-24(19-20)27(30-22-13-7-3-8-14-22)26(21-11-5-2-6-12-21)28(29-25)31-23-15-9-4-10-16-23/h2-19H,1H3. The van der Waals surface area contributed by atoms with Crippen LogP contribution in [0.5, 0.6) is 0 Å². The predicted octanol–water partition coefficient (Wildman–Crippen LogP) is 3.52. The molecule has 1 heterocycles. The van der Waals surface area contributed by atoms with Crippen LogP contribution in [0.3, 0.4) is 0 Å². The van der Waals surface area contributed by atoms with Crippen molar-refractivity contribution in [3.05, 3.63) is 115 Å². The first-order chi connectivity index (χ1) is 15.3. The van der Waals surface area contributed by atoms with Gasteiger partial charge in [-0.3, -0.25) is 0 Å². The zero-order valence-electron chi connectivity index (χ0n) is 17.2. The van der Waals surface area contributed by atoms with Crippen LogP contribution in [0, 0.1) is 6.92 Å². The van der Waals surface area contributed by atoms with Gasteiger partial charge in [0.05, 0.1) is 0 Å². The van der Waals surface area contributed by atoms with E-state index in [1.165, 1.54) is 36.7 Å². The molecule has 31 heavy (non-hydrogen) atoms. The molecule has 0 spiro atoms. The Morgan fingerprint density at radius 3 is 1.84 bits per heavy atom. The summed E-state index contributed by atoms with van der Waals surface area (Å²) in [5.41, 5.74) is 5.11.